The zero-order valence-corrected chi connectivity index (χ0v) is 12.4. The third kappa shape index (κ3) is 4.34. The number of aliphatic hydroxyl groups is 1. The van der Waals surface area contributed by atoms with Crippen LogP contribution in [0, 0.1) is 0 Å². The third-order valence-corrected chi connectivity index (χ3v) is 3.46. The maximum atomic E-state index is 14.1. The van der Waals surface area contributed by atoms with Gasteiger partial charge in [0.05, 0.1) is 11.6 Å². The van der Waals surface area contributed by atoms with Crippen molar-refractivity contribution in [1.29, 1.82) is 0 Å². The SMILES string of the molecule is CNC1CCCC(F)(F)C1N(C)C(O)OC(C)(C)C. The zero-order chi connectivity index (χ0) is 14.8. The van der Waals surface area contributed by atoms with Gasteiger partial charge in [-0.15, -0.1) is 0 Å². The Morgan fingerprint density at radius 2 is 2.00 bits per heavy atom. The van der Waals surface area contributed by atoms with Gasteiger partial charge in [-0.25, -0.2) is 13.7 Å². The zero-order valence-electron chi connectivity index (χ0n) is 12.4. The molecule has 0 bridgehead atoms. The van der Waals surface area contributed by atoms with Crippen LogP contribution >= 0.6 is 0 Å². The normalized spacial score (nSPS) is 29.5. The number of aliphatic hydroxyl groups excluding tert-OH is 1. The van der Waals surface area contributed by atoms with E-state index in [1.807, 2.05) is 0 Å². The standard InChI is InChI=1S/C13H26F2N2O2/c1-12(2,3)19-11(18)17(5)10-9(16-4)7-6-8-13(10,14)15/h9-11,16,18H,6-8H2,1-5H3. The molecule has 4 nitrogen and oxygen atoms in total. The van der Waals surface area contributed by atoms with E-state index in [1.165, 1.54) is 11.9 Å². The van der Waals surface area contributed by atoms with Crippen molar-refractivity contribution >= 4 is 0 Å². The van der Waals surface area contributed by atoms with E-state index in [1.54, 1.807) is 27.8 Å². The molecule has 19 heavy (non-hydrogen) atoms. The van der Waals surface area contributed by atoms with Crippen LogP contribution in [0.15, 0.2) is 0 Å². The molecule has 0 saturated heterocycles. The summed E-state index contributed by atoms with van der Waals surface area (Å²) in [7, 11) is 3.15. The molecule has 0 amide bonds. The molecule has 0 spiro atoms. The molecule has 0 aromatic carbocycles. The number of alkyl halides is 2. The van der Waals surface area contributed by atoms with Crippen LogP contribution in [-0.2, 0) is 4.74 Å². The summed E-state index contributed by atoms with van der Waals surface area (Å²) in [5, 5.41) is 12.9. The Morgan fingerprint density at radius 1 is 1.42 bits per heavy atom. The lowest BCUT2D eigenvalue weighted by Crippen LogP contribution is -2.62. The summed E-state index contributed by atoms with van der Waals surface area (Å²) in [6.45, 7) is 5.33. The molecule has 0 aromatic rings. The Balaban J connectivity index is 2.83. The second-order valence-electron chi connectivity index (χ2n) is 6.22. The van der Waals surface area contributed by atoms with Gasteiger partial charge in [0.15, 0.2) is 0 Å². The maximum absolute atomic E-state index is 14.1. The van der Waals surface area contributed by atoms with Gasteiger partial charge in [-0.1, -0.05) is 0 Å². The minimum atomic E-state index is -2.83. The van der Waals surface area contributed by atoms with Crippen molar-refractivity contribution in [3.8, 4) is 0 Å². The molecule has 0 heterocycles. The second-order valence-corrected chi connectivity index (χ2v) is 6.22. The first kappa shape index (κ1) is 16.8. The fourth-order valence-electron chi connectivity index (χ4n) is 2.58. The first-order valence-corrected chi connectivity index (χ1v) is 6.71. The minimum Gasteiger partial charge on any atom is -0.356 e. The highest BCUT2D eigenvalue weighted by Crippen LogP contribution is 2.37. The predicted octanol–water partition coefficient (Wildman–Crippen LogP) is 1.78. The van der Waals surface area contributed by atoms with Crippen LogP contribution in [0.25, 0.3) is 0 Å². The summed E-state index contributed by atoms with van der Waals surface area (Å²) in [6.07, 6.45) is -0.338. The molecule has 3 atom stereocenters. The smallest absolute Gasteiger partial charge is 0.265 e. The van der Waals surface area contributed by atoms with Gasteiger partial charge in [-0.3, -0.25) is 0 Å². The molecule has 6 heteroatoms. The topological polar surface area (TPSA) is 44.7 Å². The lowest BCUT2D eigenvalue weighted by molar-refractivity contribution is -0.266. The quantitative estimate of drug-likeness (QED) is 0.771. The van der Waals surface area contributed by atoms with E-state index in [4.69, 9.17) is 4.74 Å². The molecule has 1 saturated carbocycles. The summed E-state index contributed by atoms with van der Waals surface area (Å²) < 4.78 is 33.6. The lowest BCUT2D eigenvalue weighted by atomic mass is 9.86. The fraction of sp³-hybridized carbons (Fsp3) is 1.00. The first-order valence-electron chi connectivity index (χ1n) is 6.71. The molecule has 1 aliphatic carbocycles. The van der Waals surface area contributed by atoms with Gasteiger partial charge in [0.25, 0.3) is 5.92 Å². The highest BCUT2D eigenvalue weighted by Gasteiger charge is 2.50. The Hall–Kier alpha value is -0.300. The molecule has 114 valence electrons. The van der Waals surface area contributed by atoms with Crippen molar-refractivity contribution in [2.24, 2.45) is 0 Å². The van der Waals surface area contributed by atoms with Crippen molar-refractivity contribution < 1.29 is 18.6 Å². The molecule has 0 aromatic heterocycles. The summed E-state index contributed by atoms with van der Waals surface area (Å²) >= 11 is 0. The number of likely N-dealkylation sites (N-methyl/N-ethyl adjacent to an activating group) is 2. The van der Waals surface area contributed by atoms with Crippen LogP contribution in [0.3, 0.4) is 0 Å². The van der Waals surface area contributed by atoms with Crippen LogP contribution < -0.4 is 5.32 Å². The van der Waals surface area contributed by atoms with Crippen molar-refractivity contribution in [2.45, 2.75) is 70.1 Å². The van der Waals surface area contributed by atoms with Crippen molar-refractivity contribution in [2.75, 3.05) is 14.1 Å². The van der Waals surface area contributed by atoms with Gasteiger partial charge >= 0.3 is 0 Å². The fourth-order valence-corrected chi connectivity index (χ4v) is 2.58. The minimum absolute atomic E-state index is 0.150. The van der Waals surface area contributed by atoms with E-state index in [0.29, 0.717) is 12.8 Å². The van der Waals surface area contributed by atoms with E-state index in [-0.39, 0.29) is 12.5 Å². The number of nitrogens with zero attached hydrogens (tertiary/aromatic N) is 1. The predicted molar refractivity (Wildman–Crippen MR) is 70.0 cm³/mol. The highest BCUT2D eigenvalue weighted by atomic mass is 19.3. The average molecular weight is 280 g/mol. The molecule has 0 aliphatic heterocycles. The van der Waals surface area contributed by atoms with Crippen molar-refractivity contribution in [1.82, 2.24) is 10.2 Å². The van der Waals surface area contributed by atoms with E-state index in [9.17, 15) is 13.9 Å². The van der Waals surface area contributed by atoms with Crippen LogP contribution in [0.5, 0.6) is 0 Å². The Labute approximate surface area is 114 Å². The van der Waals surface area contributed by atoms with E-state index < -0.39 is 24.0 Å². The van der Waals surface area contributed by atoms with Gasteiger partial charge in [0, 0.05) is 12.5 Å². The number of hydrogen-bond acceptors (Lipinski definition) is 4. The van der Waals surface area contributed by atoms with Crippen LogP contribution in [-0.4, -0.2) is 54.1 Å². The number of halogens is 2. The molecular weight excluding hydrogens is 254 g/mol. The number of ether oxygens (including phenoxy) is 1. The number of nitrogens with one attached hydrogen (secondary N) is 1. The van der Waals surface area contributed by atoms with E-state index in [0.717, 1.165) is 0 Å². The summed E-state index contributed by atoms with van der Waals surface area (Å²) in [4.78, 5) is 1.23. The van der Waals surface area contributed by atoms with Gasteiger partial charge in [0.2, 0.25) is 6.41 Å². The summed E-state index contributed by atoms with van der Waals surface area (Å²) in [5.74, 6) is -2.83. The summed E-state index contributed by atoms with van der Waals surface area (Å²) in [5.41, 5.74) is -0.591. The van der Waals surface area contributed by atoms with Crippen molar-refractivity contribution in [3.05, 3.63) is 0 Å². The monoisotopic (exact) mass is 280 g/mol. The highest BCUT2D eigenvalue weighted by molar-refractivity contribution is 4.97. The van der Waals surface area contributed by atoms with Gasteiger partial charge in [-0.05, 0) is 47.7 Å². The van der Waals surface area contributed by atoms with E-state index >= 15 is 0 Å². The van der Waals surface area contributed by atoms with Crippen LogP contribution in [0.2, 0.25) is 0 Å². The lowest BCUT2D eigenvalue weighted by Gasteiger charge is -2.45. The number of rotatable bonds is 4. The molecule has 0 radical (unpaired) electrons. The Kier molecular flexibility index (Phi) is 5.28. The third-order valence-electron chi connectivity index (χ3n) is 3.46. The van der Waals surface area contributed by atoms with Crippen LogP contribution in [0.4, 0.5) is 8.78 Å². The molecule has 1 aliphatic rings. The average Bonchev–Trinajstić information content (AvgIpc) is 2.24. The molecule has 1 fully saturated rings. The van der Waals surface area contributed by atoms with E-state index in [2.05, 4.69) is 5.32 Å². The van der Waals surface area contributed by atoms with Crippen molar-refractivity contribution in [3.63, 3.8) is 0 Å². The van der Waals surface area contributed by atoms with Gasteiger partial charge in [-0.2, -0.15) is 0 Å². The summed E-state index contributed by atoms with van der Waals surface area (Å²) in [6, 6.07) is -1.42. The number of hydrogen-bond donors (Lipinski definition) is 2. The second kappa shape index (κ2) is 5.99. The van der Waals surface area contributed by atoms with Crippen LogP contribution in [0.1, 0.15) is 40.0 Å². The molecule has 1 rings (SSSR count). The maximum Gasteiger partial charge on any atom is 0.265 e. The van der Waals surface area contributed by atoms with Gasteiger partial charge < -0.3 is 15.2 Å². The Morgan fingerprint density at radius 3 is 2.47 bits per heavy atom. The van der Waals surface area contributed by atoms with Gasteiger partial charge in [0.1, 0.15) is 0 Å². The largest absolute Gasteiger partial charge is 0.356 e. The molecule has 3 unspecified atom stereocenters. The molecular formula is C13H26F2N2O2. The molecule has 2 N–H and O–H groups in total. The Bertz CT molecular complexity index is 295. The first-order chi connectivity index (χ1) is 8.58.